The molecular weight excluding hydrogens is 159 g/mol. The fraction of sp³-hybridized carbons (Fsp3) is 1.00. The Bertz CT molecular complexity index is 125. The molecule has 2 heteroatoms. The van der Waals surface area contributed by atoms with Gasteiger partial charge in [0, 0.05) is 0 Å². The van der Waals surface area contributed by atoms with Gasteiger partial charge < -0.3 is 5.11 Å². The standard InChI is InChI=1S/C10H19O.Na/c1-7(2)9-5-4-8(3)6-10(9)11;/h7-10H,4-6H2,1-3H3;/q-1;+1. The molecule has 66 valence electrons. The van der Waals surface area contributed by atoms with E-state index < -0.39 is 0 Å². The van der Waals surface area contributed by atoms with Gasteiger partial charge in [-0.15, -0.1) is 6.10 Å². The maximum atomic E-state index is 11.5. The van der Waals surface area contributed by atoms with Gasteiger partial charge in [-0.05, 0) is 11.8 Å². The molecule has 0 aliphatic heterocycles. The second-order valence-corrected chi connectivity index (χ2v) is 4.36. The summed E-state index contributed by atoms with van der Waals surface area (Å²) in [5.74, 6) is 1.71. The van der Waals surface area contributed by atoms with Crippen LogP contribution >= 0.6 is 0 Å². The molecule has 3 atom stereocenters. The first kappa shape index (κ1) is 13.0. The van der Waals surface area contributed by atoms with E-state index in [0.29, 0.717) is 17.8 Å². The normalized spacial score (nSPS) is 36.2. The molecule has 1 rings (SSSR count). The van der Waals surface area contributed by atoms with E-state index in [9.17, 15) is 5.11 Å². The molecule has 1 saturated carbocycles. The van der Waals surface area contributed by atoms with Crippen LogP contribution in [0.25, 0.3) is 0 Å². The van der Waals surface area contributed by atoms with Crippen molar-refractivity contribution in [1.29, 1.82) is 0 Å². The molecule has 0 spiro atoms. The van der Waals surface area contributed by atoms with Crippen LogP contribution in [0, 0.1) is 17.8 Å². The molecular formula is C10H19NaO. The monoisotopic (exact) mass is 178 g/mol. The van der Waals surface area contributed by atoms with Gasteiger partial charge in [0.2, 0.25) is 0 Å². The Morgan fingerprint density at radius 3 is 2.25 bits per heavy atom. The van der Waals surface area contributed by atoms with Crippen LogP contribution in [0.15, 0.2) is 0 Å². The summed E-state index contributed by atoms with van der Waals surface area (Å²) in [6.07, 6.45) is 3.05. The van der Waals surface area contributed by atoms with Gasteiger partial charge in [-0.3, -0.25) is 0 Å². The van der Waals surface area contributed by atoms with Crippen molar-refractivity contribution in [2.24, 2.45) is 17.8 Å². The summed E-state index contributed by atoms with van der Waals surface area (Å²) < 4.78 is 0. The molecule has 0 saturated heterocycles. The Morgan fingerprint density at radius 2 is 1.83 bits per heavy atom. The Labute approximate surface area is 98.2 Å². The average Bonchev–Trinajstić information content (AvgIpc) is 1.85. The molecule has 0 bridgehead atoms. The van der Waals surface area contributed by atoms with Gasteiger partial charge in [0.1, 0.15) is 0 Å². The molecule has 0 aromatic rings. The van der Waals surface area contributed by atoms with E-state index in [4.69, 9.17) is 0 Å². The van der Waals surface area contributed by atoms with E-state index in [1.807, 2.05) is 0 Å². The second kappa shape index (κ2) is 5.64. The minimum atomic E-state index is -0.279. The fourth-order valence-corrected chi connectivity index (χ4v) is 2.11. The SMILES string of the molecule is CC1CCC(C(C)C)C([O-])C1.[Na+]. The maximum absolute atomic E-state index is 11.5. The van der Waals surface area contributed by atoms with Crippen LogP contribution < -0.4 is 34.7 Å². The fourth-order valence-electron chi connectivity index (χ4n) is 2.11. The van der Waals surface area contributed by atoms with Crippen LogP contribution in [0.1, 0.15) is 40.0 Å². The van der Waals surface area contributed by atoms with E-state index in [1.54, 1.807) is 0 Å². The summed E-state index contributed by atoms with van der Waals surface area (Å²) in [7, 11) is 0. The average molecular weight is 178 g/mol. The van der Waals surface area contributed by atoms with Crippen molar-refractivity contribution in [3.05, 3.63) is 0 Å². The minimum Gasteiger partial charge on any atom is -0.852 e. The van der Waals surface area contributed by atoms with Crippen LogP contribution in [0.2, 0.25) is 0 Å². The predicted octanol–water partition coefficient (Wildman–Crippen LogP) is -1.19. The van der Waals surface area contributed by atoms with Crippen molar-refractivity contribution in [2.45, 2.75) is 46.1 Å². The van der Waals surface area contributed by atoms with Crippen LogP contribution in [-0.4, -0.2) is 6.10 Å². The van der Waals surface area contributed by atoms with Gasteiger partial charge in [0.25, 0.3) is 0 Å². The molecule has 0 aromatic carbocycles. The van der Waals surface area contributed by atoms with Gasteiger partial charge >= 0.3 is 29.6 Å². The minimum absolute atomic E-state index is 0. The maximum Gasteiger partial charge on any atom is 1.00 e. The van der Waals surface area contributed by atoms with Crippen molar-refractivity contribution in [1.82, 2.24) is 0 Å². The van der Waals surface area contributed by atoms with Gasteiger partial charge in [-0.2, -0.15) is 0 Å². The zero-order valence-electron chi connectivity index (χ0n) is 8.84. The summed E-state index contributed by atoms with van der Waals surface area (Å²) in [5, 5.41) is 11.5. The van der Waals surface area contributed by atoms with Gasteiger partial charge in [0.15, 0.2) is 0 Å². The van der Waals surface area contributed by atoms with Crippen LogP contribution in [-0.2, 0) is 0 Å². The van der Waals surface area contributed by atoms with Crippen LogP contribution in [0.5, 0.6) is 0 Å². The van der Waals surface area contributed by atoms with Crippen molar-refractivity contribution >= 4 is 0 Å². The quantitative estimate of drug-likeness (QED) is 0.463. The first-order chi connectivity index (χ1) is 5.11. The van der Waals surface area contributed by atoms with Crippen molar-refractivity contribution in [3.8, 4) is 0 Å². The number of hydrogen-bond donors (Lipinski definition) is 0. The smallest absolute Gasteiger partial charge is 0.852 e. The summed E-state index contributed by atoms with van der Waals surface area (Å²) >= 11 is 0. The first-order valence-corrected chi connectivity index (χ1v) is 4.77. The zero-order chi connectivity index (χ0) is 8.43. The molecule has 0 N–H and O–H groups in total. The number of hydrogen-bond acceptors (Lipinski definition) is 1. The molecule has 0 amide bonds. The third kappa shape index (κ3) is 3.37. The first-order valence-electron chi connectivity index (χ1n) is 4.77. The summed E-state index contributed by atoms with van der Waals surface area (Å²) in [4.78, 5) is 0. The molecule has 1 aliphatic rings. The van der Waals surface area contributed by atoms with E-state index in [1.165, 1.54) is 6.42 Å². The molecule has 0 heterocycles. The zero-order valence-corrected chi connectivity index (χ0v) is 10.8. The van der Waals surface area contributed by atoms with E-state index >= 15 is 0 Å². The molecule has 0 aromatic heterocycles. The van der Waals surface area contributed by atoms with Crippen molar-refractivity contribution in [2.75, 3.05) is 0 Å². The van der Waals surface area contributed by atoms with Crippen LogP contribution in [0.4, 0.5) is 0 Å². The predicted molar refractivity (Wildman–Crippen MR) is 45.1 cm³/mol. The van der Waals surface area contributed by atoms with Crippen molar-refractivity contribution < 1.29 is 34.7 Å². The van der Waals surface area contributed by atoms with Gasteiger partial charge in [0.05, 0.1) is 0 Å². The Morgan fingerprint density at radius 1 is 1.25 bits per heavy atom. The van der Waals surface area contributed by atoms with E-state index in [2.05, 4.69) is 20.8 Å². The molecule has 0 radical (unpaired) electrons. The third-order valence-corrected chi connectivity index (χ3v) is 2.96. The molecule has 1 aliphatic carbocycles. The Balaban J connectivity index is 0.00000121. The van der Waals surface area contributed by atoms with Gasteiger partial charge in [-0.25, -0.2) is 0 Å². The second-order valence-electron chi connectivity index (χ2n) is 4.36. The van der Waals surface area contributed by atoms with E-state index in [0.717, 1.165) is 12.8 Å². The van der Waals surface area contributed by atoms with Crippen molar-refractivity contribution in [3.63, 3.8) is 0 Å². The Hall–Kier alpha value is 0.960. The summed E-state index contributed by atoms with van der Waals surface area (Å²) in [5.41, 5.74) is 0. The summed E-state index contributed by atoms with van der Waals surface area (Å²) in [6.45, 7) is 6.54. The topological polar surface area (TPSA) is 23.1 Å². The third-order valence-electron chi connectivity index (χ3n) is 2.96. The largest absolute Gasteiger partial charge is 1.00 e. The summed E-state index contributed by atoms with van der Waals surface area (Å²) in [6, 6.07) is 0. The Kier molecular flexibility index (Phi) is 6.09. The van der Waals surface area contributed by atoms with E-state index in [-0.39, 0.29) is 35.7 Å². The molecule has 3 unspecified atom stereocenters. The molecule has 12 heavy (non-hydrogen) atoms. The van der Waals surface area contributed by atoms with Crippen LogP contribution in [0.3, 0.4) is 0 Å². The molecule has 1 nitrogen and oxygen atoms in total. The molecule has 1 fully saturated rings. The number of rotatable bonds is 1. The van der Waals surface area contributed by atoms with Gasteiger partial charge in [-0.1, -0.05) is 46.0 Å².